The van der Waals surface area contributed by atoms with Crippen LogP contribution < -0.4 is 0 Å². The first-order valence-electron chi connectivity index (χ1n) is 5.69. The molecule has 0 unspecified atom stereocenters. The fourth-order valence-corrected chi connectivity index (χ4v) is 8.30. The average molecular weight is 504 g/mol. The molecule has 0 spiro atoms. The first kappa shape index (κ1) is 17.4. The smallest absolute Gasteiger partial charge is 0.0697 e. The molecule has 0 heterocycles. The van der Waals surface area contributed by atoms with Crippen LogP contribution >= 0.6 is 63.7 Å². The molecule has 0 aliphatic heterocycles. The Morgan fingerprint density at radius 3 is 1.47 bits per heavy atom. The van der Waals surface area contributed by atoms with Crippen LogP contribution in [0.15, 0.2) is 0 Å². The molecule has 0 aliphatic rings. The van der Waals surface area contributed by atoms with Gasteiger partial charge < -0.3 is 0 Å². The van der Waals surface area contributed by atoms with Crippen molar-refractivity contribution in [1.29, 1.82) is 0 Å². The molecule has 92 valence electrons. The lowest BCUT2D eigenvalue weighted by Gasteiger charge is -2.02. The summed E-state index contributed by atoms with van der Waals surface area (Å²) >= 11 is 14.1. The second-order valence-electron chi connectivity index (χ2n) is 3.83. The molecular formula is C9H20Br4Si2. The third-order valence-electron chi connectivity index (χ3n) is 2.34. The SMILES string of the molecule is BrC(Br)CCC[SiH2]C[SiH2]CCCC(Br)Br. The van der Waals surface area contributed by atoms with E-state index in [1.165, 1.54) is 25.7 Å². The lowest BCUT2D eigenvalue weighted by atomic mass is 10.4. The number of rotatable bonds is 10. The van der Waals surface area contributed by atoms with Crippen molar-refractivity contribution in [2.75, 3.05) is 0 Å². The molecule has 0 N–H and O–H groups in total. The Morgan fingerprint density at radius 1 is 0.733 bits per heavy atom. The summed E-state index contributed by atoms with van der Waals surface area (Å²) in [7, 11) is 0.635. The number of halogens is 4. The summed E-state index contributed by atoms with van der Waals surface area (Å²) in [5, 5.41) is 0. The van der Waals surface area contributed by atoms with Crippen molar-refractivity contribution in [3.05, 3.63) is 0 Å². The van der Waals surface area contributed by atoms with Gasteiger partial charge in [0.25, 0.3) is 0 Å². The van der Waals surface area contributed by atoms with E-state index in [9.17, 15) is 0 Å². The maximum absolute atomic E-state index is 3.52. The molecule has 0 saturated carbocycles. The molecule has 0 aromatic rings. The fourth-order valence-electron chi connectivity index (χ4n) is 1.48. The van der Waals surface area contributed by atoms with E-state index in [1.54, 1.807) is 17.8 Å². The van der Waals surface area contributed by atoms with E-state index in [1.807, 2.05) is 0 Å². The Morgan fingerprint density at radius 2 is 1.13 bits per heavy atom. The van der Waals surface area contributed by atoms with E-state index in [0.29, 0.717) is 26.5 Å². The van der Waals surface area contributed by atoms with Crippen molar-refractivity contribution < 1.29 is 0 Å². The van der Waals surface area contributed by atoms with Gasteiger partial charge in [-0.3, -0.25) is 0 Å². The molecule has 6 heteroatoms. The quantitative estimate of drug-likeness (QED) is 0.236. The Kier molecular flexibility index (Phi) is 14.8. The Balaban J connectivity index is 2.93. The molecule has 0 aromatic carbocycles. The van der Waals surface area contributed by atoms with Crippen LogP contribution in [0.3, 0.4) is 0 Å². The molecule has 15 heavy (non-hydrogen) atoms. The lowest BCUT2D eigenvalue weighted by Crippen LogP contribution is -1.99. The summed E-state index contributed by atoms with van der Waals surface area (Å²) in [6.45, 7) is 0. The predicted octanol–water partition coefficient (Wildman–Crippen LogP) is 4.33. The molecule has 0 atom stereocenters. The Labute approximate surface area is 132 Å². The fraction of sp³-hybridized carbons (Fsp3) is 1.00. The summed E-state index contributed by atoms with van der Waals surface area (Å²) in [5.74, 6) is 0. The molecule has 0 fully saturated rings. The molecule has 0 nitrogen and oxygen atoms in total. The zero-order valence-electron chi connectivity index (χ0n) is 9.03. The maximum atomic E-state index is 3.52. The van der Waals surface area contributed by atoms with Crippen LogP contribution in [0.4, 0.5) is 0 Å². The minimum absolute atomic E-state index is 0.318. The molecule has 0 amide bonds. The van der Waals surface area contributed by atoms with Gasteiger partial charge in [0, 0.05) is 19.0 Å². The van der Waals surface area contributed by atoms with Gasteiger partial charge in [-0.2, -0.15) is 0 Å². The summed E-state index contributed by atoms with van der Waals surface area (Å²) in [6.07, 6.45) is 5.44. The van der Waals surface area contributed by atoms with Gasteiger partial charge in [0.1, 0.15) is 0 Å². The van der Waals surface area contributed by atoms with E-state index in [4.69, 9.17) is 0 Å². The highest BCUT2D eigenvalue weighted by atomic mass is 79.9. The summed E-state index contributed by atoms with van der Waals surface area (Å²) < 4.78 is 1.09. The number of hydrogen-bond donors (Lipinski definition) is 0. The zero-order valence-corrected chi connectivity index (χ0v) is 18.2. The highest BCUT2D eigenvalue weighted by Crippen LogP contribution is 2.17. The van der Waals surface area contributed by atoms with Gasteiger partial charge in [0.2, 0.25) is 0 Å². The predicted molar refractivity (Wildman–Crippen MR) is 93.3 cm³/mol. The van der Waals surface area contributed by atoms with Crippen molar-refractivity contribution in [3.8, 4) is 0 Å². The van der Waals surface area contributed by atoms with Gasteiger partial charge in [-0.05, 0) is 12.8 Å². The second kappa shape index (κ2) is 12.8. The molecule has 0 aliphatic carbocycles. The van der Waals surface area contributed by atoms with Crippen LogP contribution in [0.2, 0.25) is 17.8 Å². The summed E-state index contributed by atoms with van der Waals surface area (Å²) in [5.41, 5.74) is 1.68. The molecule has 0 bridgehead atoms. The topological polar surface area (TPSA) is 0 Å². The first-order valence-corrected chi connectivity index (χ1v) is 13.4. The van der Waals surface area contributed by atoms with Gasteiger partial charge in [-0.25, -0.2) is 0 Å². The normalized spacial score (nSPS) is 13.2. The Bertz CT molecular complexity index is 119. The highest BCUT2D eigenvalue weighted by molar-refractivity contribution is 9.25. The van der Waals surface area contributed by atoms with Gasteiger partial charge in [-0.15, -0.1) is 0 Å². The van der Waals surface area contributed by atoms with Gasteiger partial charge >= 0.3 is 0 Å². The minimum Gasteiger partial charge on any atom is -0.0765 e. The van der Waals surface area contributed by atoms with Crippen LogP contribution in [-0.4, -0.2) is 26.5 Å². The van der Waals surface area contributed by atoms with Gasteiger partial charge in [-0.1, -0.05) is 94.3 Å². The van der Waals surface area contributed by atoms with E-state index in [-0.39, 0.29) is 0 Å². The van der Waals surface area contributed by atoms with Crippen LogP contribution in [0.25, 0.3) is 0 Å². The van der Waals surface area contributed by atoms with Crippen LogP contribution in [0.5, 0.6) is 0 Å². The van der Waals surface area contributed by atoms with E-state index >= 15 is 0 Å². The van der Waals surface area contributed by atoms with Gasteiger partial charge in [0.05, 0.1) is 7.47 Å². The van der Waals surface area contributed by atoms with Crippen LogP contribution in [0.1, 0.15) is 25.7 Å². The molecule has 0 radical (unpaired) electrons. The second-order valence-corrected chi connectivity index (χ2v) is 16.4. The summed E-state index contributed by atoms with van der Waals surface area (Å²) in [6, 6.07) is 3.11. The highest BCUT2D eigenvalue weighted by Gasteiger charge is 1.99. The van der Waals surface area contributed by atoms with Crippen molar-refractivity contribution in [2.24, 2.45) is 0 Å². The van der Waals surface area contributed by atoms with Crippen molar-refractivity contribution >= 4 is 82.8 Å². The minimum atomic E-state index is 0.318. The molecular weight excluding hydrogens is 484 g/mol. The van der Waals surface area contributed by atoms with Crippen molar-refractivity contribution in [3.63, 3.8) is 0 Å². The number of alkyl halides is 4. The Hall–Kier alpha value is 2.35. The van der Waals surface area contributed by atoms with Gasteiger partial charge in [0.15, 0.2) is 0 Å². The summed E-state index contributed by atoms with van der Waals surface area (Å²) in [4.78, 5) is 0. The van der Waals surface area contributed by atoms with Crippen LogP contribution in [-0.2, 0) is 0 Å². The van der Waals surface area contributed by atoms with E-state index in [0.717, 1.165) is 0 Å². The lowest BCUT2D eigenvalue weighted by molar-refractivity contribution is 0.872. The third-order valence-corrected chi connectivity index (χ3v) is 10.2. The molecule has 0 rings (SSSR count). The van der Waals surface area contributed by atoms with Crippen LogP contribution in [0, 0.1) is 0 Å². The molecule has 0 aromatic heterocycles. The first-order chi connectivity index (χ1) is 7.13. The molecule has 0 saturated heterocycles. The van der Waals surface area contributed by atoms with Crippen molar-refractivity contribution in [1.82, 2.24) is 0 Å². The van der Waals surface area contributed by atoms with Crippen molar-refractivity contribution in [2.45, 2.75) is 50.9 Å². The van der Waals surface area contributed by atoms with E-state index < -0.39 is 0 Å². The standard InChI is InChI=1S/C9H20Br4Si2/c10-8(11)3-1-5-14-7-15-6-2-4-9(12)13/h8-9H,1-7,14-15H2. The monoisotopic (exact) mass is 500 g/mol. The third kappa shape index (κ3) is 16.4. The number of hydrogen-bond acceptors (Lipinski definition) is 0. The largest absolute Gasteiger partial charge is 0.0765 e. The maximum Gasteiger partial charge on any atom is 0.0697 e. The van der Waals surface area contributed by atoms with E-state index in [2.05, 4.69) is 63.7 Å². The average Bonchev–Trinajstić information content (AvgIpc) is 2.14. The zero-order chi connectivity index (χ0) is 11.5.